The number of hydrogen-bond acceptors (Lipinski definition) is 4. The molecule has 86 valence electrons. The molecule has 5 nitrogen and oxygen atoms in total. The van der Waals surface area contributed by atoms with Crippen molar-refractivity contribution in [1.29, 1.82) is 5.26 Å². The van der Waals surface area contributed by atoms with Crippen molar-refractivity contribution < 1.29 is 9.84 Å². The van der Waals surface area contributed by atoms with E-state index in [2.05, 4.69) is 0 Å². The zero-order valence-electron chi connectivity index (χ0n) is 9.14. The Kier molecular flexibility index (Phi) is 4.55. The van der Waals surface area contributed by atoms with Gasteiger partial charge in [-0.25, -0.2) is 0 Å². The van der Waals surface area contributed by atoms with Crippen LogP contribution < -0.4 is 5.56 Å². The highest BCUT2D eigenvalue weighted by Crippen LogP contribution is 2.12. The van der Waals surface area contributed by atoms with E-state index >= 15 is 0 Å². The van der Waals surface area contributed by atoms with Crippen molar-refractivity contribution in [3.8, 4) is 11.9 Å². The van der Waals surface area contributed by atoms with Gasteiger partial charge in [-0.15, -0.1) is 0 Å². The maximum absolute atomic E-state index is 11.4. The number of aromatic hydroxyl groups is 1. The average molecular weight is 222 g/mol. The molecule has 1 heterocycles. The van der Waals surface area contributed by atoms with Crippen molar-refractivity contribution in [2.75, 3.05) is 13.2 Å². The molecule has 0 unspecified atom stereocenters. The summed E-state index contributed by atoms with van der Waals surface area (Å²) in [5.74, 6) is -0.272. The van der Waals surface area contributed by atoms with Crippen molar-refractivity contribution in [3.05, 3.63) is 28.0 Å². The van der Waals surface area contributed by atoms with Gasteiger partial charge in [0.05, 0.1) is 0 Å². The number of rotatable bonds is 5. The van der Waals surface area contributed by atoms with Gasteiger partial charge in [-0.3, -0.25) is 9.36 Å². The molecule has 16 heavy (non-hydrogen) atoms. The van der Waals surface area contributed by atoms with Crippen molar-refractivity contribution in [3.63, 3.8) is 0 Å². The Morgan fingerprint density at radius 1 is 1.56 bits per heavy atom. The van der Waals surface area contributed by atoms with E-state index in [0.29, 0.717) is 26.2 Å². The lowest BCUT2D eigenvalue weighted by Gasteiger charge is -2.08. The van der Waals surface area contributed by atoms with Crippen LogP contribution in [0.25, 0.3) is 0 Å². The van der Waals surface area contributed by atoms with Crippen LogP contribution in [0.2, 0.25) is 0 Å². The van der Waals surface area contributed by atoms with E-state index < -0.39 is 0 Å². The first kappa shape index (κ1) is 12.3. The van der Waals surface area contributed by atoms with Crippen molar-refractivity contribution in [2.24, 2.45) is 0 Å². The standard InChI is InChI=1S/C11H14N2O3/c1-2-16-7-3-6-13-10(14)5-4-9(8-12)11(13)15/h4-5,15H,2-3,6-7H2,1H3. The number of nitrogens with zero attached hydrogens (tertiary/aromatic N) is 2. The van der Waals surface area contributed by atoms with Crippen LogP contribution in [0.15, 0.2) is 16.9 Å². The van der Waals surface area contributed by atoms with Gasteiger partial charge < -0.3 is 9.84 Å². The second-order valence-electron chi connectivity index (χ2n) is 3.22. The molecule has 0 amide bonds. The molecular weight excluding hydrogens is 208 g/mol. The molecule has 0 aliphatic carbocycles. The van der Waals surface area contributed by atoms with Crippen LogP contribution >= 0.6 is 0 Å². The number of pyridine rings is 1. The van der Waals surface area contributed by atoms with Gasteiger partial charge in [0.2, 0.25) is 5.88 Å². The highest BCUT2D eigenvalue weighted by atomic mass is 16.5. The molecule has 0 atom stereocenters. The second kappa shape index (κ2) is 5.93. The van der Waals surface area contributed by atoms with Gasteiger partial charge in [0.1, 0.15) is 11.6 Å². The van der Waals surface area contributed by atoms with E-state index in [-0.39, 0.29) is 17.0 Å². The second-order valence-corrected chi connectivity index (χ2v) is 3.22. The summed E-state index contributed by atoms with van der Waals surface area (Å²) in [7, 11) is 0. The van der Waals surface area contributed by atoms with Crippen molar-refractivity contribution >= 4 is 0 Å². The maximum Gasteiger partial charge on any atom is 0.253 e. The Morgan fingerprint density at radius 3 is 2.94 bits per heavy atom. The number of ether oxygens (including phenoxy) is 1. The lowest BCUT2D eigenvalue weighted by Crippen LogP contribution is -2.20. The number of hydrogen-bond donors (Lipinski definition) is 1. The molecule has 0 fully saturated rings. The average Bonchev–Trinajstić information content (AvgIpc) is 2.28. The third-order valence-electron chi connectivity index (χ3n) is 2.15. The Hall–Kier alpha value is -1.80. The van der Waals surface area contributed by atoms with Crippen LogP contribution in [0.5, 0.6) is 5.88 Å². The number of nitriles is 1. The van der Waals surface area contributed by atoms with Crippen molar-refractivity contribution in [1.82, 2.24) is 4.57 Å². The quantitative estimate of drug-likeness (QED) is 0.749. The molecule has 1 aromatic heterocycles. The van der Waals surface area contributed by atoms with E-state index in [4.69, 9.17) is 10.00 Å². The minimum Gasteiger partial charge on any atom is -0.493 e. The minimum atomic E-state index is -0.312. The lowest BCUT2D eigenvalue weighted by molar-refractivity contribution is 0.140. The Morgan fingerprint density at radius 2 is 2.31 bits per heavy atom. The molecule has 1 rings (SSSR count). The predicted molar refractivity (Wildman–Crippen MR) is 58.2 cm³/mol. The largest absolute Gasteiger partial charge is 0.493 e. The molecule has 0 saturated carbocycles. The minimum absolute atomic E-state index is 0.107. The summed E-state index contributed by atoms with van der Waals surface area (Å²) in [4.78, 5) is 11.4. The van der Waals surface area contributed by atoms with Gasteiger partial charge >= 0.3 is 0 Å². The first-order valence-corrected chi connectivity index (χ1v) is 5.11. The summed E-state index contributed by atoms with van der Waals surface area (Å²) in [6, 6.07) is 4.42. The van der Waals surface area contributed by atoms with Gasteiger partial charge in [-0.2, -0.15) is 5.26 Å². The third-order valence-corrected chi connectivity index (χ3v) is 2.15. The fraction of sp³-hybridized carbons (Fsp3) is 0.455. The molecule has 0 spiro atoms. The highest BCUT2D eigenvalue weighted by Gasteiger charge is 2.07. The van der Waals surface area contributed by atoms with E-state index in [1.165, 1.54) is 16.7 Å². The lowest BCUT2D eigenvalue weighted by atomic mass is 10.3. The van der Waals surface area contributed by atoms with Crippen molar-refractivity contribution in [2.45, 2.75) is 19.9 Å². The third kappa shape index (κ3) is 2.84. The van der Waals surface area contributed by atoms with Gasteiger partial charge in [0.15, 0.2) is 0 Å². The molecule has 0 aliphatic rings. The van der Waals surface area contributed by atoms with Gasteiger partial charge in [0, 0.05) is 25.8 Å². The van der Waals surface area contributed by atoms with E-state index in [9.17, 15) is 9.90 Å². The molecule has 1 N–H and O–H groups in total. The summed E-state index contributed by atoms with van der Waals surface area (Å²) in [6.45, 7) is 3.39. The SMILES string of the molecule is CCOCCCn1c(O)c(C#N)ccc1=O. The molecule has 0 radical (unpaired) electrons. The fourth-order valence-corrected chi connectivity index (χ4v) is 1.34. The molecular formula is C11H14N2O3. The van der Waals surface area contributed by atoms with Crippen LogP contribution in [-0.4, -0.2) is 22.9 Å². The summed E-state index contributed by atoms with van der Waals surface area (Å²) < 4.78 is 6.31. The zero-order valence-corrected chi connectivity index (χ0v) is 9.14. The topological polar surface area (TPSA) is 75.2 Å². The highest BCUT2D eigenvalue weighted by molar-refractivity contribution is 5.37. The van der Waals surface area contributed by atoms with E-state index in [1.807, 2.05) is 13.0 Å². The van der Waals surface area contributed by atoms with Crippen LogP contribution in [-0.2, 0) is 11.3 Å². The molecule has 0 aliphatic heterocycles. The Balaban J connectivity index is 2.79. The first-order valence-electron chi connectivity index (χ1n) is 5.11. The molecule has 5 heteroatoms. The van der Waals surface area contributed by atoms with Crippen LogP contribution in [0.1, 0.15) is 18.9 Å². The van der Waals surface area contributed by atoms with Gasteiger partial charge in [-0.05, 0) is 19.4 Å². The fourth-order valence-electron chi connectivity index (χ4n) is 1.34. The zero-order chi connectivity index (χ0) is 12.0. The predicted octanol–water partition coefficient (Wildman–Crippen LogP) is 0.852. The van der Waals surface area contributed by atoms with E-state index in [1.54, 1.807) is 0 Å². The molecule has 0 bridgehead atoms. The monoisotopic (exact) mass is 222 g/mol. The van der Waals surface area contributed by atoms with Crippen LogP contribution in [0, 0.1) is 11.3 Å². The van der Waals surface area contributed by atoms with Gasteiger partial charge in [0.25, 0.3) is 5.56 Å². The van der Waals surface area contributed by atoms with E-state index in [0.717, 1.165) is 0 Å². The molecule has 0 aromatic carbocycles. The normalized spacial score (nSPS) is 10.0. The summed E-state index contributed by atoms with van der Waals surface area (Å²) in [5.41, 5.74) is -0.205. The smallest absolute Gasteiger partial charge is 0.253 e. The van der Waals surface area contributed by atoms with Crippen LogP contribution in [0.3, 0.4) is 0 Å². The first-order chi connectivity index (χ1) is 7.70. The summed E-state index contributed by atoms with van der Waals surface area (Å²) >= 11 is 0. The molecule has 1 aromatic rings. The summed E-state index contributed by atoms with van der Waals surface area (Å²) in [5, 5.41) is 18.3. The van der Waals surface area contributed by atoms with Crippen LogP contribution in [0.4, 0.5) is 0 Å². The maximum atomic E-state index is 11.4. The Labute approximate surface area is 93.5 Å². The Bertz CT molecular complexity index is 446. The summed E-state index contributed by atoms with van der Waals surface area (Å²) in [6.07, 6.45) is 0.621. The molecule has 0 saturated heterocycles. The van der Waals surface area contributed by atoms with Gasteiger partial charge in [-0.1, -0.05) is 0 Å². The number of aromatic nitrogens is 1.